The van der Waals surface area contributed by atoms with E-state index in [1.165, 1.54) is 42.1 Å². The van der Waals surface area contributed by atoms with E-state index >= 15 is 0 Å². The Morgan fingerprint density at radius 1 is 1.09 bits per heavy atom. The normalized spacial score (nSPS) is 25.1. The van der Waals surface area contributed by atoms with Crippen LogP contribution in [0, 0.1) is 20.8 Å². The Morgan fingerprint density at radius 2 is 1.77 bits per heavy atom. The van der Waals surface area contributed by atoms with Crippen molar-refractivity contribution >= 4 is 10.9 Å². The zero-order chi connectivity index (χ0) is 15.9. The second kappa shape index (κ2) is 5.99. The molecule has 122 valence electrons. The molecule has 0 radical (unpaired) electrons. The first-order valence-electron chi connectivity index (χ1n) is 8.56. The highest BCUT2D eigenvalue weighted by Crippen LogP contribution is 2.44. The van der Waals surface area contributed by atoms with Gasteiger partial charge in [-0.1, -0.05) is 0 Å². The van der Waals surface area contributed by atoms with Crippen LogP contribution < -0.4 is 4.74 Å². The average Bonchev–Trinajstić information content (AvgIpc) is 3.02. The fraction of sp³-hybridized carbons (Fsp3) is 0.684. The molecule has 0 amide bonds. The lowest BCUT2D eigenvalue weighted by molar-refractivity contribution is 0.0609. The van der Waals surface area contributed by atoms with E-state index in [1.54, 1.807) is 0 Å². The quantitative estimate of drug-likeness (QED) is 0.845. The second-order valence-electron chi connectivity index (χ2n) is 7.27. The second-order valence-corrected chi connectivity index (χ2v) is 9.71. The number of ether oxygens (including phenoxy) is 1. The highest BCUT2D eigenvalue weighted by atomic mass is 32.2. The maximum Gasteiger partial charge on any atom is 0.127 e. The summed E-state index contributed by atoms with van der Waals surface area (Å²) >= 11 is 0. The van der Waals surface area contributed by atoms with Crippen LogP contribution in [-0.2, 0) is 17.3 Å². The summed E-state index contributed by atoms with van der Waals surface area (Å²) in [7, 11) is 0.650. The van der Waals surface area contributed by atoms with Crippen LogP contribution in [0.3, 0.4) is 0 Å². The first-order chi connectivity index (χ1) is 10.4. The van der Waals surface area contributed by atoms with Gasteiger partial charge in [0.1, 0.15) is 34.4 Å². The van der Waals surface area contributed by atoms with Crippen molar-refractivity contribution in [3.8, 4) is 11.5 Å². The van der Waals surface area contributed by atoms with Gasteiger partial charge in [0.2, 0.25) is 0 Å². The number of fused-ring (bicyclic) bond motifs is 1. The molecule has 1 saturated heterocycles. The zero-order valence-corrected chi connectivity index (χ0v) is 15.2. The van der Waals surface area contributed by atoms with E-state index < -0.39 is 0 Å². The Morgan fingerprint density at radius 3 is 2.45 bits per heavy atom. The van der Waals surface area contributed by atoms with Crippen molar-refractivity contribution in [2.24, 2.45) is 0 Å². The lowest BCUT2D eigenvalue weighted by Crippen LogP contribution is -2.39. The maximum absolute atomic E-state index is 10.3. The van der Waals surface area contributed by atoms with E-state index in [1.807, 2.05) is 13.8 Å². The number of benzene rings is 1. The fourth-order valence-electron chi connectivity index (χ4n) is 3.75. The molecule has 2 heterocycles. The van der Waals surface area contributed by atoms with Gasteiger partial charge in [-0.15, -0.1) is 0 Å². The Bertz CT molecular complexity index is 576. The van der Waals surface area contributed by atoms with Gasteiger partial charge in [0.05, 0.1) is 0 Å². The lowest BCUT2D eigenvalue weighted by atomic mass is 9.86. The van der Waals surface area contributed by atoms with Gasteiger partial charge in [0, 0.05) is 12.0 Å². The molecular weight excluding hydrogens is 292 g/mol. The molecule has 2 aliphatic heterocycles. The Labute approximate surface area is 137 Å². The fourth-order valence-corrected chi connectivity index (χ4v) is 6.31. The van der Waals surface area contributed by atoms with Crippen LogP contribution in [0.2, 0.25) is 0 Å². The van der Waals surface area contributed by atoms with Crippen molar-refractivity contribution in [1.82, 2.24) is 0 Å². The van der Waals surface area contributed by atoms with Crippen LogP contribution in [-0.4, -0.2) is 28.0 Å². The maximum atomic E-state index is 10.3. The molecule has 22 heavy (non-hydrogen) atoms. The van der Waals surface area contributed by atoms with Gasteiger partial charge < -0.3 is 9.84 Å². The summed E-state index contributed by atoms with van der Waals surface area (Å²) in [6, 6.07) is 0. The van der Waals surface area contributed by atoms with Crippen LogP contribution in [0.5, 0.6) is 11.5 Å². The van der Waals surface area contributed by atoms with Crippen molar-refractivity contribution < 1.29 is 9.84 Å². The molecule has 0 spiro atoms. The summed E-state index contributed by atoms with van der Waals surface area (Å²) < 4.78 is 6.52. The van der Waals surface area contributed by atoms with E-state index in [-0.39, 0.29) is 5.60 Å². The van der Waals surface area contributed by atoms with Gasteiger partial charge in [0.15, 0.2) is 0 Å². The number of phenolic OH excluding ortho intramolecular Hbond substituents is 1. The van der Waals surface area contributed by atoms with Crippen molar-refractivity contribution in [3.05, 3.63) is 22.3 Å². The number of rotatable bonds is 3. The van der Waals surface area contributed by atoms with E-state index in [9.17, 15) is 5.11 Å². The minimum atomic E-state index is -0.0246. The minimum absolute atomic E-state index is 0.0246. The molecule has 0 bridgehead atoms. The SMILES string of the molecule is Cc1c(C)c2c(c(C)c1O)CCC(C)(CC[S+]1CCCC1)O2. The van der Waals surface area contributed by atoms with Gasteiger partial charge in [-0.3, -0.25) is 0 Å². The molecule has 1 unspecified atom stereocenters. The zero-order valence-electron chi connectivity index (χ0n) is 14.4. The summed E-state index contributed by atoms with van der Waals surface area (Å²) in [4.78, 5) is 0. The van der Waals surface area contributed by atoms with Crippen LogP contribution in [0.4, 0.5) is 0 Å². The third-order valence-corrected chi connectivity index (χ3v) is 8.14. The van der Waals surface area contributed by atoms with Gasteiger partial charge in [-0.25, -0.2) is 0 Å². The molecule has 2 aliphatic rings. The van der Waals surface area contributed by atoms with Crippen molar-refractivity contribution in [1.29, 1.82) is 0 Å². The third kappa shape index (κ3) is 2.84. The number of phenols is 1. The van der Waals surface area contributed by atoms with Crippen molar-refractivity contribution in [2.75, 3.05) is 17.3 Å². The summed E-state index contributed by atoms with van der Waals surface area (Å²) in [5.74, 6) is 5.73. The number of aromatic hydroxyl groups is 1. The third-order valence-electron chi connectivity index (χ3n) is 5.63. The predicted octanol–water partition coefficient (Wildman–Crippen LogP) is 4.20. The Balaban J connectivity index is 1.80. The predicted molar refractivity (Wildman–Crippen MR) is 95.5 cm³/mol. The van der Waals surface area contributed by atoms with Gasteiger partial charge in [-0.2, -0.15) is 0 Å². The molecule has 0 aromatic heterocycles. The summed E-state index contributed by atoms with van der Waals surface area (Å²) in [5.41, 5.74) is 4.30. The molecule has 1 atom stereocenters. The standard InChI is InChI=1S/C19H28O2S/c1-13-14(2)18-16(15(3)17(13)20)7-8-19(4,21-18)9-12-22-10-5-6-11-22/h5-12H2,1-4H3/p+1. The van der Waals surface area contributed by atoms with E-state index in [0.29, 0.717) is 16.6 Å². The van der Waals surface area contributed by atoms with Gasteiger partial charge >= 0.3 is 0 Å². The highest BCUT2D eigenvalue weighted by molar-refractivity contribution is 7.97. The monoisotopic (exact) mass is 321 g/mol. The largest absolute Gasteiger partial charge is 0.507 e. The van der Waals surface area contributed by atoms with Crippen LogP contribution in [0.15, 0.2) is 0 Å². The van der Waals surface area contributed by atoms with Crippen LogP contribution >= 0.6 is 0 Å². The molecular formula is C19H29O2S+. The van der Waals surface area contributed by atoms with E-state index in [4.69, 9.17) is 4.74 Å². The lowest BCUT2D eigenvalue weighted by Gasteiger charge is -2.37. The summed E-state index contributed by atoms with van der Waals surface area (Å²) in [5, 5.41) is 10.3. The first kappa shape index (κ1) is 16.0. The Kier molecular flexibility index (Phi) is 4.37. The minimum Gasteiger partial charge on any atom is -0.507 e. The van der Waals surface area contributed by atoms with Gasteiger partial charge in [-0.05, 0) is 81.0 Å². The topological polar surface area (TPSA) is 29.5 Å². The molecule has 0 saturated carbocycles. The van der Waals surface area contributed by atoms with Crippen LogP contribution in [0.25, 0.3) is 0 Å². The Hall–Kier alpha value is -0.830. The molecule has 3 heteroatoms. The highest BCUT2D eigenvalue weighted by Gasteiger charge is 2.37. The molecule has 0 aliphatic carbocycles. The van der Waals surface area contributed by atoms with Crippen LogP contribution in [0.1, 0.15) is 54.9 Å². The summed E-state index contributed by atoms with van der Waals surface area (Å²) in [6.45, 7) is 8.38. The van der Waals surface area contributed by atoms with Crippen molar-refractivity contribution in [2.45, 2.75) is 65.4 Å². The molecule has 3 rings (SSSR count). The molecule has 1 fully saturated rings. The number of hydrogen-bond donors (Lipinski definition) is 1. The number of hydrogen-bond acceptors (Lipinski definition) is 2. The smallest absolute Gasteiger partial charge is 0.127 e. The summed E-state index contributed by atoms with van der Waals surface area (Å²) in [6.07, 6.45) is 6.13. The average molecular weight is 322 g/mol. The van der Waals surface area contributed by atoms with E-state index in [0.717, 1.165) is 35.3 Å². The molecule has 2 nitrogen and oxygen atoms in total. The molecule has 1 aromatic carbocycles. The molecule has 1 aromatic rings. The van der Waals surface area contributed by atoms with E-state index in [2.05, 4.69) is 13.8 Å². The van der Waals surface area contributed by atoms with Gasteiger partial charge in [0.25, 0.3) is 0 Å². The first-order valence-corrected chi connectivity index (χ1v) is 10.3. The molecule has 1 N–H and O–H groups in total. The van der Waals surface area contributed by atoms with Crippen molar-refractivity contribution in [3.63, 3.8) is 0 Å².